The van der Waals surface area contributed by atoms with Crippen molar-refractivity contribution in [3.63, 3.8) is 0 Å². The molecule has 1 N–H and O–H groups in total. The van der Waals surface area contributed by atoms with Crippen LogP contribution in [0.4, 0.5) is 11.8 Å². The molecule has 170 valence electrons. The van der Waals surface area contributed by atoms with Crippen molar-refractivity contribution in [2.45, 2.75) is 19.0 Å². The molecule has 0 bridgehead atoms. The van der Waals surface area contributed by atoms with Crippen LogP contribution in [0.5, 0.6) is 0 Å². The van der Waals surface area contributed by atoms with Gasteiger partial charge < -0.3 is 15.1 Å². The molecule has 1 fully saturated rings. The van der Waals surface area contributed by atoms with E-state index in [0.717, 1.165) is 53.7 Å². The first kappa shape index (κ1) is 21.9. The highest BCUT2D eigenvalue weighted by Crippen LogP contribution is 2.26. The number of nitrogens with zero attached hydrogens (tertiary/aromatic N) is 7. The first-order valence-corrected chi connectivity index (χ1v) is 11.5. The molecule has 0 spiro atoms. The summed E-state index contributed by atoms with van der Waals surface area (Å²) in [5.41, 5.74) is 3.29. The number of anilines is 2. The molecule has 4 aromatic rings. The van der Waals surface area contributed by atoms with Crippen LogP contribution in [0.3, 0.4) is 0 Å². The summed E-state index contributed by atoms with van der Waals surface area (Å²) in [5.74, 6) is 1.55. The zero-order valence-electron chi connectivity index (χ0n) is 18.4. The number of nitrogens with one attached hydrogen (secondary N) is 1. The van der Waals surface area contributed by atoms with E-state index in [4.69, 9.17) is 28.2 Å². The van der Waals surface area contributed by atoms with E-state index in [2.05, 4.69) is 44.3 Å². The summed E-state index contributed by atoms with van der Waals surface area (Å²) in [6.07, 6.45) is 6.51. The van der Waals surface area contributed by atoms with Crippen LogP contribution < -0.4 is 10.2 Å². The molecular weight excluding hydrogens is 459 g/mol. The standard InChI is InChI=1S/C23H24Cl2N8/c1-31(2)18-6-8-32(14-18)23-27-12-16(13-28-23)20-10-22(33-21(30-20)5-7-29-33)26-11-15-3-4-17(24)9-19(15)25/h3-5,7,9-10,12-13,18,26H,6,8,11,14H2,1-2H3. The van der Waals surface area contributed by atoms with Gasteiger partial charge in [0.2, 0.25) is 5.95 Å². The number of hydrogen-bond acceptors (Lipinski definition) is 7. The number of likely N-dealkylation sites (N-methyl/N-ethyl adjacent to an activating group) is 1. The van der Waals surface area contributed by atoms with Gasteiger partial charge in [0.1, 0.15) is 5.82 Å². The fraction of sp³-hybridized carbons (Fsp3) is 0.304. The quantitative estimate of drug-likeness (QED) is 0.440. The average Bonchev–Trinajstić information content (AvgIpc) is 3.48. The SMILES string of the molecule is CN(C)C1CCN(c2ncc(-c3cc(NCc4ccc(Cl)cc4Cl)n4nccc4n3)cn2)C1. The van der Waals surface area contributed by atoms with E-state index >= 15 is 0 Å². The molecule has 1 aliphatic rings. The van der Waals surface area contributed by atoms with Crippen molar-refractivity contribution in [2.75, 3.05) is 37.4 Å². The topological polar surface area (TPSA) is 74.5 Å². The maximum absolute atomic E-state index is 6.33. The molecule has 33 heavy (non-hydrogen) atoms. The lowest BCUT2D eigenvalue weighted by Gasteiger charge is -2.20. The number of fused-ring (bicyclic) bond motifs is 1. The maximum Gasteiger partial charge on any atom is 0.225 e. The normalized spacial score (nSPS) is 16.2. The van der Waals surface area contributed by atoms with Crippen molar-refractivity contribution in [1.82, 2.24) is 29.5 Å². The van der Waals surface area contributed by atoms with Gasteiger partial charge in [0.05, 0.1) is 11.9 Å². The summed E-state index contributed by atoms with van der Waals surface area (Å²) in [6.45, 7) is 2.42. The predicted octanol–water partition coefficient (Wildman–Crippen LogP) is 4.25. The summed E-state index contributed by atoms with van der Waals surface area (Å²) in [6, 6.07) is 9.81. The Morgan fingerprint density at radius 1 is 1.12 bits per heavy atom. The van der Waals surface area contributed by atoms with E-state index in [1.165, 1.54) is 0 Å². The van der Waals surface area contributed by atoms with Crippen molar-refractivity contribution in [3.05, 3.63) is 64.5 Å². The molecule has 0 aliphatic carbocycles. The molecule has 0 amide bonds. The lowest BCUT2D eigenvalue weighted by atomic mass is 10.2. The minimum atomic E-state index is 0.520. The van der Waals surface area contributed by atoms with Crippen LogP contribution in [-0.2, 0) is 6.54 Å². The van der Waals surface area contributed by atoms with Crippen LogP contribution in [0.15, 0.2) is 48.9 Å². The van der Waals surface area contributed by atoms with Crippen molar-refractivity contribution in [2.24, 2.45) is 0 Å². The maximum atomic E-state index is 6.33. The monoisotopic (exact) mass is 482 g/mol. The van der Waals surface area contributed by atoms with Gasteiger partial charge in [-0.1, -0.05) is 29.3 Å². The molecular formula is C23H24Cl2N8. The lowest BCUT2D eigenvalue weighted by molar-refractivity contribution is 0.315. The van der Waals surface area contributed by atoms with Crippen molar-refractivity contribution in [1.29, 1.82) is 0 Å². The number of rotatable bonds is 6. The van der Waals surface area contributed by atoms with E-state index < -0.39 is 0 Å². The summed E-state index contributed by atoms with van der Waals surface area (Å²) < 4.78 is 1.76. The predicted molar refractivity (Wildman–Crippen MR) is 132 cm³/mol. The van der Waals surface area contributed by atoms with E-state index in [1.54, 1.807) is 16.8 Å². The zero-order valence-corrected chi connectivity index (χ0v) is 19.9. The molecule has 0 saturated carbocycles. The molecule has 3 aromatic heterocycles. The number of benzene rings is 1. The molecule has 1 saturated heterocycles. The van der Waals surface area contributed by atoms with Crippen molar-refractivity contribution < 1.29 is 0 Å². The highest BCUT2D eigenvalue weighted by atomic mass is 35.5. The Hall–Kier alpha value is -2.94. The highest BCUT2D eigenvalue weighted by molar-refractivity contribution is 6.35. The fourth-order valence-corrected chi connectivity index (χ4v) is 4.47. The van der Waals surface area contributed by atoms with Crippen LogP contribution >= 0.6 is 23.2 Å². The van der Waals surface area contributed by atoms with Crippen LogP contribution in [0.2, 0.25) is 10.0 Å². The molecule has 1 aromatic carbocycles. The van der Waals surface area contributed by atoms with Gasteiger partial charge in [-0.15, -0.1) is 0 Å². The molecule has 5 rings (SSSR count). The van der Waals surface area contributed by atoms with Crippen molar-refractivity contribution >= 4 is 40.6 Å². The Morgan fingerprint density at radius 3 is 2.67 bits per heavy atom. The van der Waals surface area contributed by atoms with Gasteiger partial charge in [-0.05, 0) is 38.2 Å². The van der Waals surface area contributed by atoms with Crippen LogP contribution in [0.25, 0.3) is 16.9 Å². The Bertz CT molecular complexity index is 1270. The molecule has 10 heteroatoms. The molecule has 4 heterocycles. The number of aromatic nitrogens is 5. The van der Waals surface area contributed by atoms with Gasteiger partial charge in [-0.2, -0.15) is 9.61 Å². The average molecular weight is 483 g/mol. The summed E-state index contributed by atoms with van der Waals surface area (Å²) >= 11 is 12.3. The highest BCUT2D eigenvalue weighted by Gasteiger charge is 2.25. The van der Waals surface area contributed by atoms with Gasteiger partial charge in [-0.25, -0.2) is 15.0 Å². The van der Waals surface area contributed by atoms with Gasteiger partial charge in [0.15, 0.2) is 5.65 Å². The number of halogens is 2. The van der Waals surface area contributed by atoms with E-state index in [-0.39, 0.29) is 0 Å². The van der Waals surface area contributed by atoms with Crippen LogP contribution in [0, 0.1) is 0 Å². The Kier molecular flexibility index (Phi) is 6.05. The van der Waals surface area contributed by atoms with Gasteiger partial charge >= 0.3 is 0 Å². The Balaban J connectivity index is 1.38. The fourth-order valence-electron chi connectivity index (χ4n) is 4.00. The van der Waals surface area contributed by atoms with Gasteiger partial charge in [-0.3, -0.25) is 0 Å². The summed E-state index contributed by atoms with van der Waals surface area (Å²) in [5, 5.41) is 9.02. The molecule has 8 nitrogen and oxygen atoms in total. The van der Waals surface area contributed by atoms with E-state index in [0.29, 0.717) is 22.6 Å². The second kappa shape index (κ2) is 9.13. The second-order valence-corrected chi connectivity index (χ2v) is 9.18. The second-order valence-electron chi connectivity index (χ2n) is 8.34. The summed E-state index contributed by atoms with van der Waals surface area (Å²) in [4.78, 5) is 18.5. The molecule has 0 radical (unpaired) electrons. The zero-order chi connectivity index (χ0) is 22.9. The van der Waals surface area contributed by atoms with Crippen LogP contribution in [-0.4, -0.2) is 62.7 Å². The van der Waals surface area contributed by atoms with Gasteiger partial charge in [0.25, 0.3) is 0 Å². The molecule has 1 unspecified atom stereocenters. The van der Waals surface area contributed by atoms with Crippen LogP contribution in [0.1, 0.15) is 12.0 Å². The Morgan fingerprint density at radius 2 is 1.94 bits per heavy atom. The van der Waals surface area contributed by atoms with Crippen molar-refractivity contribution in [3.8, 4) is 11.3 Å². The third kappa shape index (κ3) is 4.59. The van der Waals surface area contributed by atoms with Gasteiger partial charge in [0, 0.05) is 65.8 Å². The summed E-state index contributed by atoms with van der Waals surface area (Å²) in [7, 11) is 4.23. The van der Waals surface area contributed by atoms with E-state index in [1.807, 2.05) is 36.7 Å². The third-order valence-corrected chi connectivity index (χ3v) is 6.53. The first-order chi connectivity index (χ1) is 16.0. The minimum Gasteiger partial charge on any atom is -0.366 e. The third-order valence-electron chi connectivity index (χ3n) is 5.94. The minimum absolute atomic E-state index is 0.520. The lowest BCUT2D eigenvalue weighted by Crippen LogP contribution is -2.32. The molecule has 1 aliphatic heterocycles. The Labute approximate surface area is 202 Å². The first-order valence-electron chi connectivity index (χ1n) is 10.7. The number of hydrogen-bond donors (Lipinski definition) is 1. The molecule has 1 atom stereocenters. The van der Waals surface area contributed by atoms with E-state index in [9.17, 15) is 0 Å². The smallest absolute Gasteiger partial charge is 0.225 e. The largest absolute Gasteiger partial charge is 0.366 e.